The van der Waals surface area contributed by atoms with E-state index in [1.54, 1.807) is 19.0 Å². The Morgan fingerprint density at radius 2 is 1.79 bits per heavy atom. The number of primary amides is 1. The van der Waals surface area contributed by atoms with E-state index in [0.29, 0.717) is 11.3 Å². The number of aliphatic hydroxyl groups excluding tert-OH is 2. The summed E-state index contributed by atoms with van der Waals surface area (Å²) < 4.78 is 14.5. The van der Waals surface area contributed by atoms with Crippen LogP contribution in [-0.4, -0.2) is 82.6 Å². The summed E-state index contributed by atoms with van der Waals surface area (Å²) in [6, 6.07) is -0.0409. The van der Waals surface area contributed by atoms with Crippen LogP contribution < -0.4 is 10.6 Å². The number of Topliss-reactive ketones (excluding diaryl/α,β-unsaturated/α-hetero) is 2. The number of rotatable bonds is 3. The van der Waals surface area contributed by atoms with E-state index in [0.717, 1.165) is 6.07 Å². The van der Waals surface area contributed by atoms with Crippen molar-refractivity contribution in [3.05, 3.63) is 39.9 Å². The molecule has 0 bridgehead atoms. The molecule has 0 saturated heterocycles. The molecule has 3 aliphatic carbocycles. The van der Waals surface area contributed by atoms with E-state index in [4.69, 9.17) is 5.73 Å². The molecule has 6 N–H and O–H groups in total. The van der Waals surface area contributed by atoms with Crippen LogP contribution in [0.5, 0.6) is 5.75 Å². The average Bonchev–Trinajstić information content (AvgIpc) is 2.72. The number of carbonyl (C=O) groups excluding carboxylic acids is 3. The van der Waals surface area contributed by atoms with Crippen LogP contribution in [0.15, 0.2) is 23.0 Å². The Balaban J connectivity index is 2.01. The molecule has 0 radical (unpaired) electrons. The number of aliphatic hydroxyl groups is 3. The molecule has 4 atom stereocenters. The van der Waals surface area contributed by atoms with Crippen molar-refractivity contribution in [3.63, 3.8) is 0 Å². The van der Waals surface area contributed by atoms with Crippen LogP contribution >= 0.6 is 0 Å². The fraction of sp³-hybridized carbons (Fsp3) is 0.435. The SMILES string of the molecule is CN(C)c1cc(F)c(O)c2c1C[C@H]1C[C@H]3C(N(C)C)C(=O)C(C(N)=O)=C(O)[C@@]3(O)C(=O)C1=C2O. The molecule has 0 aliphatic heterocycles. The lowest BCUT2D eigenvalue weighted by Crippen LogP contribution is -2.65. The van der Waals surface area contributed by atoms with Crippen molar-refractivity contribution in [1.29, 1.82) is 0 Å². The minimum absolute atomic E-state index is 0.0310. The molecule has 3 aliphatic rings. The third-order valence-corrected chi connectivity index (χ3v) is 7.13. The average molecular weight is 475 g/mol. The minimum atomic E-state index is -2.72. The fourth-order valence-electron chi connectivity index (χ4n) is 5.66. The maximum absolute atomic E-state index is 14.5. The summed E-state index contributed by atoms with van der Waals surface area (Å²) in [5.74, 6) is -8.90. The van der Waals surface area contributed by atoms with Crippen molar-refractivity contribution in [2.75, 3.05) is 33.1 Å². The highest BCUT2D eigenvalue weighted by atomic mass is 19.1. The van der Waals surface area contributed by atoms with Crippen LogP contribution in [0.25, 0.3) is 5.76 Å². The van der Waals surface area contributed by atoms with E-state index in [9.17, 15) is 39.2 Å². The number of halogens is 1. The first-order chi connectivity index (χ1) is 15.7. The summed E-state index contributed by atoms with van der Waals surface area (Å²) in [6.07, 6.45) is 0.0622. The standard InChI is InChI=1S/C23H26FN3O7/c1-26(2)12-7-11(24)17(28)14-9(12)5-8-6-10-16(27(3)4)19(30)15(22(25)33)21(32)23(10,34)20(31)13(8)18(14)29/h7-8,10,16,28-29,32,34H,5-6H2,1-4H3,(H2,25,33)/t8-,10-,16?,23-/m0/s1. The number of aromatic hydroxyl groups is 1. The molecule has 1 saturated carbocycles. The Morgan fingerprint density at radius 3 is 2.32 bits per heavy atom. The molecular formula is C23H26FN3O7. The molecule has 34 heavy (non-hydrogen) atoms. The van der Waals surface area contributed by atoms with Gasteiger partial charge in [-0.2, -0.15) is 0 Å². The van der Waals surface area contributed by atoms with Crippen LogP contribution in [-0.2, 0) is 20.8 Å². The number of hydrogen-bond acceptors (Lipinski definition) is 9. The maximum Gasteiger partial charge on any atom is 0.255 e. The van der Waals surface area contributed by atoms with Gasteiger partial charge in [0.25, 0.3) is 5.91 Å². The lowest BCUT2D eigenvalue weighted by molar-refractivity contribution is -0.153. The smallest absolute Gasteiger partial charge is 0.255 e. The van der Waals surface area contributed by atoms with Gasteiger partial charge in [0, 0.05) is 37.3 Å². The minimum Gasteiger partial charge on any atom is -0.508 e. The Bertz CT molecular complexity index is 1220. The topological polar surface area (TPSA) is 165 Å². The van der Waals surface area contributed by atoms with Crippen LogP contribution in [0.2, 0.25) is 0 Å². The van der Waals surface area contributed by atoms with Gasteiger partial charge in [0.2, 0.25) is 5.78 Å². The summed E-state index contributed by atoms with van der Waals surface area (Å²) in [5, 5.41) is 43.7. The largest absolute Gasteiger partial charge is 0.508 e. The molecule has 1 amide bonds. The Hall–Kier alpha value is -3.44. The van der Waals surface area contributed by atoms with E-state index in [2.05, 4.69) is 0 Å². The van der Waals surface area contributed by atoms with E-state index in [1.165, 1.54) is 19.0 Å². The zero-order valence-corrected chi connectivity index (χ0v) is 19.1. The number of nitrogens with zero attached hydrogens (tertiary/aromatic N) is 2. The van der Waals surface area contributed by atoms with Crippen LogP contribution in [0.1, 0.15) is 17.5 Å². The maximum atomic E-state index is 14.5. The molecule has 11 heteroatoms. The van der Waals surface area contributed by atoms with Gasteiger partial charge in [-0.15, -0.1) is 0 Å². The molecule has 0 aromatic heterocycles. The third-order valence-electron chi connectivity index (χ3n) is 7.13. The zero-order valence-electron chi connectivity index (χ0n) is 19.1. The number of phenols is 1. The summed E-state index contributed by atoms with van der Waals surface area (Å²) in [5.41, 5.74) is 1.85. The molecule has 0 spiro atoms. The van der Waals surface area contributed by atoms with Crippen molar-refractivity contribution in [3.8, 4) is 5.75 Å². The number of carbonyl (C=O) groups is 3. The molecule has 1 aromatic rings. The number of likely N-dealkylation sites (N-methyl/N-ethyl adjacent to an activating group) is 1. The predicted octanol–water partition coefficient (Wildman–Crippen LogP) is 0.169. The molecule has 0 heterocycles. The van der Waals surface area contributed by atoms with Crippen LogP contribution in [0.4, 0.5) is 10.1 Å². The number of phenolic OH excluding ortho intramolecular Hbond substituents is 1. The molecular weight excluding hydrogens is 449 g/mol. The second-order valence-corrected chi connectivity index (χ2v) is 9.44. The number of ketones is 2. The van der Waals surface area contributed by atoms with Gasteiger partial charge in [-0.3, -0.25) is 19.3 Å². The first-order valence-corrected chi connectivity index (χ1v) is 10.6. The Kier molecular flexibility index (Phi) is 5.26. The fourth-order valence-corrected chi connectivity index (χ4v) is 5.66. The highest BCUT2D eigenvalue weighted by molar-refractivity contribution is 6.24. The molecule has 1 aromatic carbocycles. The van der Waals surface area contributed by atoms with E-state index in [-0.39, 0.29) is 24.0 Å². The van der Waals surface area contributed by atoms with Crippen molar-refractivity contribution >= 4 is 28.9 Å². The van der Waals surface area contributed by atoms with Gasteiger partial charge < -0.3 is 31.1 Å². The highest BCUT2D eigenvalue weighted by Crippen LogP contribution is 2.53. The highest BCUT2D eigenvalue weighted by Gasteiger charge is 2.64. The molecule has 1 unspecified atom stereocenters. The van der Waals surface area contributed by atoms with Crippen molar-refractivity contribution in [2.24, 2.45) is 17.6 Å². The van der Waals surface area contributed by atoms with Crippen LogP contribution in [0.3, 0.4) is 0 Å². The Labute approximate surface area is 194 Å². The van der Waals surface area contributed by atoms with Gasteiger partial charge in [-0.25, -0.2) is 4.39 Å². The second-order valence-electron chi connectivity index (χ2n) is 9.44. The lowest BCUT2D eigenvalue weighted by Gasteiger charge is -2.50. The van der Waals surface area contributed by atoms with Crippen molar-refractivity contribution < 1.29 is 39.2 Å². The first kappa shape index (κ1) is 23.7. The molecule has 1 fully saturated rings. The third kappa shape index (κ3) is 2.90. The molecule has 4 rings (SSSR count). The summed E-state index contributed by atoms with van der Waals surface area (Å²) in [6.45, 7) is 0. The van der Waals surface area contributed by atoms with Gasteiger partial charge in [0.15, 0.2) is 23.0 Å². The normalized spacial score (nSPS) is 28.6. The first-order valence-electron chi connectivity index (χ1n) is 10.6. The number of fused-ring (bicyclic) bond motifs is 3. The zero-order chi connectivity index (χ0) is 25.4. The van der Waals surface area contributed by atoms with E-state index in [1.807, 2.05) is 0 Å². The van der Waals surface area contributed by atoms with Gasteiger partial charge in [0.05, 0.1) is 11.6 Å². The summed E-state index contributed by atoms with van der Waals surface area (Å²) >= 11 is 0. The van der Waals surface area contributed by atoms with Gasteiger partial charge in [0.1, 0.15) is 17.1 Å². The van der Waals surface area contributed by atoms with Gasteiger partial charge in [-0.05, 0) is 38.4 Å². The lowest BCUT2D eigenvalue weighted by atomic mass is 9.57. The van der Waals surface area contributed by atoms with Crippen LogP contribution in [0, 0.1) is 17.7 Å². The quantitative estimate of drug-likeness (QED) is 0.383. The number of amides is 1. The van der Waals surface area contributed by atoms with E-state index >= 15 is 0 Å². The monoisotopic (exact) mass is 475 g/mol. The second kappa shape index (κ2) is 7.54. The predicted molar refractivity (Wildman–Crippen MR) is 119 cm³/mol. The van der Waals surface area contributed by atoms with Gasteiger partial charge in [-0.1, -0.05) is 0 Å². The van der Waals surface area contributed by atoms with Gasteiger partial charge >= 0.3 is 0 Å². The van der Waals surface area contributed by atoms with Crippen molar-refractivity contribution in [1.82, 2.24) is 4.90 Å². The summed E-state index contributed by atoms with van der Waals surface area (Å²) in [7, 11) is 6.36. The van der Waals surface area contributed by atoms with E-state index < -0.39 is 69.6 Å². The Morgan fingerprint density at radius 1 is 1.18 bits per heavy atom. The summed E-state index contributed by atoms with van der Waals surface area (Å²) in [4.78, 5) is 41.7. The number of hydrogen-bond donors (Lipinski definition) is 5. The molecule has 10 nitrogen and oxygen atoms in total. The molecule has 182 valence electrons. The van der Waals surface area contributed by atoms with Crippen molar-refractivity contribution in [2.45, 2.75) is 24.5 Å². The number of benzene rings is 1. The number of anilines is 1. The number of nitrogens with two attached hydrogens (primary N) is 1.